The molecule has 2 aromatic heterocycles. The molecule has 0 aromatic carbocycles. The smallest absolute Gasteiger partial charge is 0.233 e. The highest BCUT2D eigenvalue weighted by Crippen LogP contribution is 2.32. The molecule has 0 aliphatic rings. The van der Waals surface area contributed by atoms with Gasteiger partial charge in [0.25, 0.3) is 0 Å². The fourth-order valence-electron chi connectivity index (χ4n) is 1.69. The SMILES string of the molecule is CCNC(=O)C(C)Sc1ncnc2sc(CC)cc12. The van der Waals surface area contributed by atoms with E-state index in [0.717, 1.165) is 21.7 Å². The molecule has 6 heteroatoms. The maximum Gasteiger partial charge on any atom is 0.233 e. The first-order valence-electron chi connectivity index (χ1n) is 6.33. The molecule has 1 unspecified atom stereocenters. The van der Waals surface area contributed by atoms with E-state index >= 15 is 0 Å². The van der Waals surface area contributed by atoms with Gasteiger partial charge in [-0.15, -0.1) is 11.3 Å². The summed E-state index contributed by atoms with van der Waals surface area (Å²) < 4.78 is 0. The molecule has 2 heterocycles. The molecule has 0 fully saturated rings. The van der Waals surface area contributed by atoms with Gasteiger partial charge in [0.2, 0.25) is 5.91 Å². The lowest BCUT2D eigenvalue weighted by Crippen LogP contribution is -2.30. The summed E-state index contributed by atoms with van der Waals surface area (Å²) in [6.07, 6.45) is 2.57. The number of hydrogen-bond acceptors (Lipinski definition) is 5. The molecule has 4 nitrogen and oxygen atoms in total. The summed E-state index contributed by atoms with van der Waals surface area (Å²) in [7, 11) is 0. The number of aryl methyl sites for hydroxylation is 1. The largest absolute Gasteiger partial charge is 0.355 e. The minimum absolute atomic E-state index is 0.0465. The second-order valence-electron chi connectivity index (χ2n) is 4.12. The second kappa shape index (κ2) is 6.34. The van der Waals surface area contributed by atoms with Gasteiger partial charge >= 0.3 is 0 Å². The lowest BCUT2D eigenvalue weighted by molar-refractivity contribution is -0.120. The topological polar surface area (TPSA) is 54.9 Å². The van der Waals surface area contributed by atoms with Gasteiger partial charge in [-0.2, -0.15) is 0 Å². The van der Waals surface area contributed by atoms with E-state index in [2.05, 4.69) is 28.3 Å². The number of rotatable bonds is 5. The molecular weight excluding hydrogens is 278 g/mol. The molecule has 102 valence electrons. The number of nitrogens with zero attached hydrogens (tertiary/aromatic N) is 2. The van der Waals surface area contributed by atoms with Crippen LogP contribution in [0.4, 0.5) is 0 Å². The van der Waals surface area contributed by atoms with Crippen LogP contribution in [0.5, 0.6) is 0 Å². The summed E-state index contributed by atoms with van der Waals surface area (Å²) in [6, 6.07) is 2.13. The van der Waals surface area contributed by atoms with Crippen LogP contribution >= 0.6 is 23.1 Å². The molecule has 0 bridgehead atoms. The van der Waals surface area contributed by atoms with E-state index in [0.29, 0.717) is 6.54 Å². The summed E-state index contributed by atoms with van der Waals surface area (Å²) in [5.74, 6) is 0.0465. The van der Waals surface area contributed by atoms with Gasteiger partial charge in [0.1, 0.15) is 16.2 Å². The zero-order chi connectivity index (χ0) is 13.8. The van der Waals surface area contributed by atoms with Crippen molar-refractivity contribution in [2.45, 2.75) is 37.5 Å². The highest BCUT2D eigenvalue weighted by atomic mass is 32.2. The highest BCUT2D eigenvalue weighted by molar-refractivity contribution is 8.00. The van der Waals surface area contributed by atoms with Gasteiger partial charge < -0.3 is 5.32 Å². The molecule has 0 radical (unpaired) electrons. The standard InChI is InChI=1S/C13H17N3OS2/c1-4-9-6-10-12(15-7-16-13(10)19-9)18-8(3)11(17)14-5-2/h6-8H,4-5H2,1-3H3,(H,14,17). The van der Waals surface area contributed by atoms with Crippen molar-refractivity contribution >= 4 is 39.2 Å². The average Bonchev–Trinajstić information content (AvgIpc) is 2.83. The molecule has 1 N–H and O–H groups in total. The van der Waals surface area contributed by atoms with Crippen molar-refractivity contribution in [3.63, 3.8) is 0 Å². The van der Waals surface area contributed by atoms with E-state index in [4.69, 9.17) is 0 Å². The van der Waals surface area contributed by atoms with Crippen LogP contribution in [-0.2, 0) is 11.2 Å². The van der Waals surface area contributed by atoms with E-state index < -0.39 is 0 Å². The Balaban J connectivity index is 2.24. The van der Waals surface area contributed by atoms with Crippen molar-refractivity contribution in [1.29, 1.82) is 0 Å². The van der Waals surface area contributed by atoms with Gasteiger partial charge in [0.15, 0.2) is 0 Å². The van der Waals surface area contributed by atoms with Crippen LogP contribution in [0.25, 0.3) is 10.2 Å². The normalized spacial score (nSPS) is 12.6. The van der Waals surface area contributed by atoms with Crippen LogP contribution < -0.4 is 5.32 Å². The maximum atomic E-state index is 11.8. The summed E-state index contributed by atoms with van der Waals surface area (Å²) >= 11 is 3.18. The number of aromatic nitrogens is 2. The molecule has 19 heavy (non-hydrogen) atoms. The zero-order valence-corrected chi connectivity index (χ0v) is 12.9. The number of carbonyl (C=O) groups excluding carboxylic acids is 1. The van der Waals surface area contributed by atoms with Crippen molar-refractivity contribution in [2.24, 2.45) is 0 Å². The van der Waals surface area contributed by atoms with Crippen molar-refractivity contribution in [3.05, 3.63) is 17.3 Å². The molecule has 2 rings (SSSR count). The Morgan fingerprint density at radius 2 is 2.26 bits per heavy atom. The fraction of sp³-hybridized carbons (Fsp3) is 0.462. The minimum atomic E-state index is -0.150. The van der Waals surface area contributed by atoms with Gasteiger partial charge in [-0.25, -0.2) is 9.97 Å². The third-order valence-corrected chi connectivity index (χ3v) is 5.00. The first-order valence-corrected chi connectivity index (χ1v) is 8.03. The average molecular weight is 295 g/mol. The third-order valence-electron chi connectivity index (χ3n) is 2.70. The predicted octanol–water partition coefficient (Wildman–Crippen LogP) is 2.87. The number of amides is 1. The Hall–Kier alpha value is -1.14. The first-order chi connectivity index (χ1) is 9.15. The quantitative estimate of drug-likeness (QED) is 0.681. The maximum absolute atomic E-state index is 11.8. The highest BCUT2D eigenvalue weighted by Gasteiger charge is 2.17. The molecule has 1 atom stereocenters. The van der Waals surface area contributed by atoms with Crippen LogP contribution in [0.1, 0.15) is 25.6 Å². The Kier molecular flexibility index (Phi) is 4.76. The van der Waals surface area contributed by atoms with Crippen LogP contribution in [0, 0.1) is 0 Å². The lowest BCUT2D eigenvalue weighted by atomic mass is 10.3. The van der Waals surface area contributed by atoms with E-state index in [1.807, 2.05) is 13.8 Å². The molecule has 1 amide bonds. The minimum Gasteiger partial charge on any atom is -0.355 e. The third kappa shape index (κ3) is 3.25. The molecule has 0 saturated carbocycles. The first kappa shape index (κ1) is 14.3. The summed E-state index contributed by atoms with van der Waals surface area (Å²) in [5.41, 5.74) is 0. The molecule has 0 aliphatic carbocycles. The number of carbonyl (C=O) groups is 1. The van der Waals surface area contributed by atoms with Gasteiger partial charge in [0, 0.05) is 16.8 Å². The van der Waals surface area contributed by atoms with Crippen LogP contribution in [0.2, 0.25) is 0 Å². The van der Waals surface area contributed by atoms with Crippen LogP contribution in [0.15, 0.2) is 17.4 Å². The Labute approximate surface area is 121 Å². The number of hydrogen-bond donors (Lipinski definition) is 1. The van der Waals surface area contributed by atoms with E-state index in [-0.39, 0.29) is 11.2 Å². The van der Waals surface area contributed by atoms with Crippen molar-refractivity contribution in [3.8, 4) is 0 Å². The van der Waals surface area contributed by atoms with Crippen molar-refractivity contribution in [2.75, 3.05) is 6.54 Å². The van der Waals surface area contributed by atoms with Crippen LogP contribution in [-0.4, -0.2) is 27.7 Å². The number of nitrogens with one attached hydrogen (secondary N) is 1. The molecular formula is C13H17N3OS2. The predicted molar refractivity (Wildman–Crippen MR) is 80.8 cm³/mol. The molecule has 0 spiro atoms. The monoisotopic (exact) mass is 295 g/mol. The number of thiophene rings is 1. The summed E-state index contributed by atoms with van der Waals surface area (Å²) in [6.45, 7) is 6.60. The zero-order valence-electron chi connectivity index (χ0n) is 11.3. The fourth-order valence-corrected chi connectivity index (χ4v) is 3.61. The molecule has 0 saturated heterocycles. The van der Waals surface area contributed by atoms with Crippen LogP contribution in [0.3, 0.4) is 0 Å². The molecule has 0 aliphatic heterocycles. The number of thioether (sulfide) groups is 1. The van der Waals surface area contributed by atoms with Gasteiger partial charge in [0.05, 0.1) is 5.25 Å². The Morgan fingerprint density at radius 3 is 2.95 bits per heavy atom. The van der Waals surface area contributed by atoms with Crippen molar-refractivity contribution in [1.82, 2.24) is 15.3 Å². The van der Waals surface area contributed by atoms with Crippen molar-refractivity contribution < 1.29 is 4.79 Å². The lowest BCUT2D eigenvalue weighted by Gasteiger charge is -2.10. The second-order valence-corrected chi connectivity index (χ2v) is 6.56. The summed E-state index contributed by atoms with van der Waals surface area (Å²) in [4.78, 5) is 22.7. The molecule has 2 aromatic rings. The Morgan fingerprint density at radius 1 is 1.47 bits per heavy atom. The number of fused-ring (bicyclic) bond motifs is 1. The Bertz CT molecular complexity index is 582. The van der Waals surface area contributed by atoms with Gasteiger partial charge in [-0.1, -0.05) is 18.7 Å². The van der Waals surface area contributed by atoms with E-state index in [1.54, 1.807) is 17.7 Å². The van der Waals surface area contributed by atoms with E-state index in [9.17, 15) is 4.79 Å². The summed E-state index contributed by atoms with van der Waals surface area (Å²) in [5, 5.41) is 4.63. The van der Waals surface area contributed by atoms with Gasteiger partial charge in [-0.05, 0) is 26.3 Å². The van der Waals surface area contributed by atoms with Gasteiger partial charge in [-0.3, -0.25) is 4.79 Å². The van der Waals surface area contributed by atoms with E-state index in [1.165, 1.54) is 16.6 Å².